The van der Waals surface area contributed by atoms with Gasteiger partial charge >= 0.3 is 0 Å². The predicted octanol–water partition coefficient (Wildman–Crippen LogP) is 1.03. The van der Waals surface area contributed by atoms with Gasteiger partial charge in [0.05, 0.1) is 5.54 Å². The second kappa shape index (κ2) is 7.63. The molecule has 0 aromatic carbocycles. The number of aliphatic hydroxyl groups excluding tert-OH is 1. The number of aliphatic hydroxyl groups is 1. The van der Waals surface area contributed by atoms with Gasteiger partial charge in [0.15, 0.2) is 0 Å². The second-order valence-electron chi connectivity index (χ2n) is 4.36. The Balaban J connectivity index is 4.13. The van der Waals surface area contributed by atoms with Gasteiger partial charge in [-0.2, -0.15) is 0 Å². The Morgan fingerprint density at radius 1 is 1.38 bits per heavy atom. The zero-order chi connectivity index (χ0) is 12.6. The van der Waals surface area contributed by atoms with Crippen LogP contribution in [-0.4, -0.2) is 29.7 Å². The molecule has 0 heterocycles. The van der Waals surface area contributed by atoms with Crippen molar-refractivity contribution in [2.24, 2.45) is 11.7 Å². The molecule has 0 saturated heterocycles. The monoisotopic (exact) mass is 230 g/mol. The average molecular weight is 230 g/mol. The molecule has 96 valence electrons. The summed E-state index contributed by atoms with van der Waals surface area (Å²) in [6.07, 6.45) is 2.97. The number of hydrogen-bond donors (Lipinski definition) is 3. The molecule has 1 atom stereocenters. The first-order chi connectivity index (χ1) is 7.53. The van der Waals surface area contributed by atoms with Crippen LogP contribution in [0.5, 0.6) is 0 Å². The highest BCUT2D eigenvalue weighted by Crippen LogP contribution is 2.12. The van der Waals surface area contributed by atoms with E-state index in [4.69, 9.17) is 10.8 Å². The van der Waals surface area contributed by atoms with E-state index in [-0.39, 0.29) is 12.5 Å². The maximum Gasteiger partial charge on any atom is 0.240 e. The van der Waals surface area contributed by atoms with Crippen LogP contribution in [0.4, 0.5) is 0 Å². The molecule has 4 heteroatoms. The highest BCUT2D eigenvalue weighted by molar-refractivity contribution is 5.85. The smallest absolute Gasteiger partial charge is 0.240 e. The van der Waals surface area contributed by atoms with Crippen molar-refractivity contribution in [3.05, 3.63) is 0 Å². The number of hydrogen-bond acceptors (Lipinski definition) is 3. The van der Waals surface area contributed by atoms with E-state index in [2.05, 4.69) is 12.2 Å². The molecular weight excluding hydrogens is 204 g/mol. The molecule has 0 bridgehead atoms. The van der Waals surface area contributed by atoms with Crippen molar-refractivity contribution in [3.8, 4) is 0 Å². The summed E-state index contributed by atoms with van der Waals surface area (Å²) < 4.78 is 0. The molecule has 16 heavy (non-hydrogen) atoms. The first kappa shape index (κ1) is 15.4. The topological polar surface area (TPSA) is 75.3 Å². The summed E-state index contributed by atoms with van der Waals surface area (Å²) in [5.41, 5.74) is 5.24. The predicted molar refractivity (Wildman–Crippen MR) is 66.0 cm³/mol. The van der Waals surface area contributed by atoms with Crippen LogP contribution in [-0.2, 0) is 4.79 Å². The molecule has 0 aromatic heterocycles. The Bertz CT molecular complexity index is 203. The minimum atomic E-state index is -0.739. The maximum atomic E-state index is 11.9. The van der Waals surface area contributed by atoms with Crippen molar-refractivity contribution in [1.29, 1.82) is 0 Å². The molecule has 0 spiro atoms. The largest absolute Gasteiger partial charge is 0.396 e. The van der Waals surface area contributed by atoms with Gasteiger partial charge in [0, 0.05) is 13.2 Å². The maximum absolute atomic E-state index is 11.9. The normalized spacial score (nSPS) is 13.6. The van der Waals surface area contributed by atoms with Crippen LogP contribution in [0.2, 0.25) is 0 Å². The van der Waals surface area contributed by atoms with Crippen molar-refractivity contribution < 1.29 is 9.90 Å². The first-order valence-electron chi connectivity index (χ1n) is 6.22. The Hall–Kier alpha value is -0.610. The third kappa shape index (κ3) is 4.49. The average Bonchev–Trinajstić information content (AvgIpc) is 2.32. The number of amides is 1. The fraction of sp³-hybridized carbons (Fsp3) is 0.917. The third-order valence-electron chi connectivity index (χ3n) is 3.38. The number of carbonyl (C=O) groups is 1. The molecule has 1 unspecified atom stereocenters. The van der Waals surface area contributed by atoms with Gasteiger partial charge in [-0.3, -0.25) is 4.79 Å². The van der Waals surface area contributed by atoms with Gasteiger partial charge in [0.25, 0.3) is 0 Å². The summed E-state index contributed by atoms with van der Waals surface area (Å²) in [7, 11) is 0. The van der Waals surface area contributed by atoms with Crippen molar-refractivity contribution in [3.63, 3.8) is 0 Å². The van der Waals surface area contributed by atoms with Gasteiger partial charge in [0.1, 0.15) is 0 Å². The van der Waals surface area contributed by atoms with Crippen LogP contribution >= 0.6 is 0 Å². The second-order valence-corrected chi connectivity index (χ2v) is 4.36. The summed E-state index contributed by atoms with van der Waals surface area (Å²) in [4.78, 5) is 11.9. The third-order valence-corrected chi connectivity index (χ3v) is 3.38. The molecule has 0 fully saturated rings. The number of carbonyl (C=O) groups excluding carboxylic acids is 1. The standard InChI is InChI=1S/C12H26N2O2/c1-4-10(7-8-15)9-14-11(16)12(13,5-2)6-3/h10,15H,4-9,13H2,1-3H3,(H,14,16). The van der Waals surface area contributed by atoms with E-state index in [1.54, 1.807) is 0 Å². The summed E-state index contributed by atoms with van der Waals surface area (Å²) in [6.45, 7) is 6.68. The minimum Gasteiger partial charge on any atom is -0.396 e. The van der Waals surface area contributed by atoms with Crippen molar-refractivity contribution >= 4 is 5.91 Å². The first-order valence-corrected chi connectivity index (χ1v) is 6.22. The van der Waals surface area contributed by atoms with Gasteiger partial charge in [0.2, 0.25) is 5.91 Å². The Labute approximate surface area is 98.6 Å². The lowest BCUT2D eigenvalue weighted by molar-refractivity contribution is -0.126. The molecule has 4 nitrogen and oxygen atoms in total. The summed E-state index contributed by atoms with van der Waals surface area (Å²) in [5.74, 6) is 0.265. The molecule has 0 aromatic rings. The molecule has 0 aliphatic carbocycles. The fourth-order valence-electron chi connectivity index (χ4n) is 1.62. The van der Waals surface area contributed by atoms with E-state index in [0.717, 1.165) is 12.8 Å². The van der Waals surface area contributed by atoms with Crippen molar-refractivity contribution in [2.75, 3.05) is 13.2 Å². The molecule has 0 aliphatic heterocycles. The zero-order valence-electron chi connectivity index (χ0n) is 10.8. The van der Waals surface area contributed by atoms with Gasteiger partial charge < -0.3 is 16.2 Å². The van der Waals surface area contributed by atoms with Crippen LogP contribution in [0.15, 0.2) is 0 Å². The Morgan fingerprint density at radius 2 is 1.94 bits per heavy atom. The lowest BCUT2D eigenvalue weighted by atomic mass is 9.92. The van der Waals surface area contributed by atoms with E-state index in [1.165, 1.54) is 0 Å². The highest BCUT2D eigenvalue weighted by atomic mass is 16.3. The van der Waals surface area contributed by atoms with E-state index in [9.17, 15) is 4.79 Å². The molecule has 1 amide bonds. The summed E-state index contributed by atoms with van der Waals surface area (Å²) in [5, 5.41) is 11.7. The fourth-order valence-corrected chi connectivity index (χ4v) is 1.62. The highest BCUT2D eigenvalue weighted by Gasteiger charge is 2.29. The van der Waals surface area contributed by atoms with E-state index in [1.807, 2.05) is 13.8 Å². The molecule has 0 aliphatic rings. The van der Waals surface area contributed by atoms with Crippen LogP contribution in [0.1, 0.15) is 46.5 Å². The van der Waals surface area contributed by atoms with E-state index >= 15 is 0 Å². The van der Waals surface area contributed by atoms with Crippen LogP contribution < -0.4 is 11.1 Å². The quantitative estimate of drug-likeness (QED) is 0.583. The molecular formula is C12H26N2O2. The number of nitrogens with one attached hydrogen (secondary N) is 1. The van der Waals surface area contributed by atoms with Gasteiger partial charge in [-0.05, 0) is 25.2 Å². The van der Waals surface area contributed by atoms with Crippen LogP contribution in [0.25, 0.3) is 0 Å². The van der Waals surface area contributed by atoms with E-state index in [0.29, 0.717) is 25.3 Å². The molecule has 0 radical (unpaired) electrons. The number of nitrogens with two attached hydrogens (primary N) is 1. The van der Waals surface area contributed by atoms with Gasteiger partial charge in [-0.1, -0.05) is 27.2 Å². The lowest BCUT2D eigenvalue weighted by Crippen LogP contribution is -2.53. The minimum absolute atomic E-state index is 0.0751. The lowest BCUT2D eigenvalue weighted by Gasteiger charge is -2.26. The number of rotatable bonds is 8. The summed E-state index contributed by atoms with van der Waals surface area (Å²) >= 11 is 0. The zero-order valence-corrected chi connectivity index (χ0v) is 10.8. The van der Waals surface area contributed by atoms with Crippen LogP contribution in [0.3, 0.4) is 0 Å². The molecule has 4 N–H and O–H groups in total. The SMILES string of the molecule is CCC(CCO)CNC(=O)C(N)(CC)CC. The summed E-state index contributed by atoms with van der Waals surface area (Å²) in [6, 6.07) is 0. The Morgan fingerprint density at radius 3 is 2.31 bits per heavy atom. The molecule has 0 saturated carbocycles. The van der Waals surface area contributed by atoms with E-state index < -0.39 is 5.54 Å². The Kier molecular flexibility index (Phi) is 7.34. The van der Waals surface area contributed by atoms with Gasteiger partial charge in [-0.25, -0.2) is 0 Å². The van der Waals surface area contributed by atoms with Crippen molar-refractivity contribution in [1.82, 2.24) is 5.32 Å². The van der Waals surface area contributed by atoms with Gasteiger partial charge in [-0.15, -0.1) is 0 Å². The van der Waals surface area contributed by atoms with Crippen molar-refractivity contribution in [2.45, 2.75) is 52.0 Å². The van der Waals surface area contributed by atoms with Crippen LogP contribution in [0, 0.1) is 5.92 Å². The molecule has 0 rings (SSSR count).